The lowest BCUT2D eigenvalue weighted by molar-refractivity contribution is -0.142. The molecule has 1 saturated heterocycles. The summed E-state index contributed by atoms with van der Waals surface area (Å²) in [4.78, 5) is 0. The minimum absolute atomic E-state index is 0.0833. The van der Waals surface area contributed by atoms with Crippen LogP contribution in [0.15, 0.2) is 0 Å². The van der Waals surface area contributed by atoms with Crippen molar-refractivity contribution in [2.24, 2.45) is 5.41 Å². The Hall–Kier alpha value is -0.0400. The largest absolute Gasteiger partial charge is 0.375 e. The number of ether oxygens (including phenoxy) is 1. The minimum Gasteiger partial charge on any atom is -0.375 e. The van der Waals surface area contributed by atoms with E-state index >= 15 is 0 Å². The number of hydrogen-bond acceptors (Lipinski definition) is 1. The van der Waals surface area contributed by atoms with Crippen LogP contribution in [0.5, 0.6) is 0 Å². The molecule has 0 aliphatic carbocycles. The Balaban J connectivity index is 2.74. The van der Waals surface area contributed by atoms with Gasteiger partial charge < -0.3 is 4.74 Å². The van der Waals surface area contributed by atoms with Gasteiger partial charge in [0, 0.05) is 6.61 Å². The zero-order valence-corrected chi connectivity index (χ0v) is 8.24. The first-order valence-corrected chi connectivity index (χ1v) is 4.66. The Labute approximate surface area is 70.1 Å². The van der Waals surface area contributed by atoms with E-state index in [9.17, 15) is 0 Å². The first-order valence-electron chi connectivity index (χ1n) is 4.66. The predicted octanol–water partition coefficient (Wildman–Crippen LogP) is 2.99. The van der Waals surface area contributed by atoms with Crippen LogP contribution in [0.2, 0.25) is 0 Å². The van der Waals surface area contributed by atoms with Crippen molar-refractivity contribution in [2.75, 3.05) is 6.61 Å². The molecule has 0 aromatic rings. The van der Waals surface area contributed by atoms with Crippen molar-refractivity contribution >= 4 is 0 Å². The van der Waals surface area contributed by atoms with E-state index in [4.69, 9.17) is 4.74 Å². The highest BCUT2D eigenvalue weighted by molar-refractivity contribution is 4.92. The Morgan fingerprint density at radius 2 is 1.91 bits per heavy atom. The van der Waals surface area contributed by atoms with Crippen LogP contribution in [0.25, 0.3) is 0 Å². The summed E-state index contributed by atoms with van der Waals surface area (Å²) in [5.41, 5.74) is 0.477. The molecule has 1 heterocycles. The molecule has 0 N–H and O–H groups in total. The van der Waals surface area contributed by atoms with E-state index in [0.717, 1.165) is 6.61 Å². The van der Waals surface area contributed by atoms with Crippen molar-refractivity contribution in [3.63, 3.8) is 0 Å². The molecule has 0 aromatic heterocycles. The first kappa shape index (κ1) is 9.05. The van der Waals surface area contributed by atoms with Crippen molar-refractivity contribution in [2.45, 2.75) is 52.6 Å². The van der Waals surface area contributed by atoms with Crippen molar-refractivity contribution in [1.29, 1.82) is 0 Å². The van der Waals surface area contributed by atoms with Gasteiger partial charge >= 0.3 is 0 Å². The lowest BCUT2D eigenvalue weighted by Crippen LogP contribution is -2.46. The van der Waals surface area contributed by atoms with Gasteiger partial charge in [-0.25, -0.2) is 0 Å². The Kier molecular flexibility index (Phi) is 2.29. The lowest BCUT2D eigenvalue weighted by Gasteiger charge is -2.47. The SMILES string of the molecule is CCC1(C)CCCOC1(C)C. The van der Waals surface area contributed by atoms with Gasteiger partial charge in [0.1, 0.15) is 0 Å². The van der Waals surface area contributed by atoms with E-state index in [1.54, 1.807) is 0 Å². The van der Waals surface area contributed by atoms with Crippen LogP contribution in [-0.4, -0.2) is 12.2 Å². The van der Waals surface area contributed by atoms with Crippen molar-refractivity contribution < 1.29 is 4.74 Å². The summed E-state index contributed by atoms with van der Waals surface area (Å²) >= 11 is 0. The third kappa shape index (κ3) is 1.44. The van der Waals surface area contributed by atoms with E-state index in [0.29, 0.717) is 5.41 Å². The fourth-order valence-corrected chi connectivity index (χ4v) is 1.87. The average Bonchev–Trinajstić information content (AvgIpc) is 1.95. The van der Waals surface area contributed by atoms with Gasteiger partial charge in [-0.15, -0.1) is 0 Å². The van der Waals surface area contributed by atoms with Gasteiger partial charge in [0.15, 0.2) is 0 Å². The van der Waals surface area contributed by atoms with Gasteiger partial charge in [0.05, 0.1) is 5.60 Å². The molecule has 0 aromatic carbocycles. The van der Waals surface area contributed by atoms with Gasteiger partial charge in [0.25, 0.3) is 0 Å². The topological polar surface area (TPSA) is 9.23 Å². The first-order chi connectivity index (χ1) is 5.02. The zero-order valence-electron chi connectivity index (χ0n) is 8.24. The molecule has 1 atom stereocenters. The predicted molar refractivity (Wildman–Crippen MR) is 47.7 cm³/mol. The molecule has 1 rings (SSSR count). The smallest absolute Gasteiger partial charge is 0.0679 e. The average molecular weight is 156 g/mol. The maximum Gasteiger partial charge on any atom is 0.0679 e. The normalized spacial score (nSPS) is 37.1. The molecule has 1 unspecified atom stereocenters. The standard InChI is InChI=1S/C10H20O/c1-5-10(4)7-6-8-11-9(10,2)3/h5-8H2,1-4H3. The summed E-state index contributed by atoms with van der Waals surface area (Å²) in [6, 6.07) is 0. The van der Waals surface area contributed by atoms with E-state index in [1.165, 1.54) is 19.3 Å². The molecule has 1 heteroatoms. The molecule has 66 valence electrons. The van der Waals surface area contributed by atoms with Gasteiger partial charge in [-0.05, 0) is 38.5 Å². The van der Waals surface area contributed by atoms with Crippen LogP contribution in [0.3, 0.4) is 0 Å². The van der Waals surface area contributed by atoms with Crippen molar-refractivity contribution in [3.8, 4) is 0 Å². The summed E-state index contributed by atoms with van der Waals surface area (Å²) in [6.45, 7) is 9.98. The van der Waals surface area contributed by atoms with Gasteiger partial charge in [0.2, 0.25) is 0 Å². The lowest BCUT2D eigenvalue weighted by atomic mass is 9.69. The molecule has 1 nitrogen and oxygen atoms in total. The maximum atomic E-state index is 5.77. The van der Waals surface area contributed by atoms with E-state index < -0.39 is 0 Å². The highest BCUT2D eigenvalue weighted by Crippen LogP contribution is 2.44. The summed E-state index contributed by atoms with van der Waals surface area (Å²) in [5, 5.41) is 0. The monoisotopic (exact) mass is 156 g/mol. The van der Waals surface area contributed by atoms with Crippen LogP contribution in [0.4, 0.5) is 0 Å². The Morgan fingerprint density at radius 3 is 2.27 bits per heavy atom. The molecule has 1 aliphatic rings. The van der Waals surface area contributed by atoms with E-state index in [1.807, 2.05) is 0 Å². The maximum absolute atomic E-state index is 5.77. The second-order valence-electron chi connectivity index (χ2n) is 4.38. The summed E-state index contributed by atoms with van der Waals surface area (Å²) in [7, 11) is 0. The van der Waals surface area contributed by atoms with Crippen molar-refractivity contribution in [1.82, 2.24) is 0 Å². The molecule has 1 aliphatic heterocycles. The summed E-state index contributed by atoms with van der Waals surface area (Å²) in [5.74, 6) is 0. The van der Waals surface area contributed by atoms with Gasteiger partial charge in [-0.1, -0.05) is 13.8 Å². The van der Waals surface area contributed by atoms with Crippen LogP contribution in [0.1, 0.15) is 47.0 Å². The van der Waals surface area contributed by atoms with Crippen molar-refractivity contribution in [3.05, 3.63) is 0 Å². The fourth-order valence-electron chi connectivity index (χ4n) is 1.87. The molecule has 0 saturated carbocycles. The van der Waals surface area contributed by atoms with Crippen LogP contribution >= 0.6 is 0 Å². The zero-order chi connectivity index (χ0) is 8.54. The molecule has 0 amide bonds. The van der Waals surface area contributed by atoms with Crippen LogP contribution in [-0.2, 0) is 4.74 Å². The molecule has 0 bridgehead atoms. The molecule has 1 fully saturated rings. The van der Waals surface area contributed by atoms with Crippen LogP contribution < -0.4 is 0 Å². The third-order valence-corrected chi connectivity index (χ3v) is 3.57. The second-order valence-corrected chi connectivity index (χ2v) is 4.38. The number of rotatable bonds is 1. The van der Waals surface area contributed by atoms with Gasteiger partial charge in [-0.3, -0.25) is 0 Å². The molecule has 0 radical (unpaired) electrons. The second kappa shape index (κ2) is 2.78. The van der Waals surface area contributed by atoms with Gasteiger partial charge in [-0.2, -0.15) is 0 Å². The Morgan fingerprint density at radius 1 is 1.27 bits per heavy atom. The summed E-state index contributed by atoms with van der Waals surface area (Å²) in [6.07, 6.45) is 3.77. The minimum atomic E-state index is 0.0833. The quantitative estimate of drug-likeness (QED) is 0.567. The third-order valence-electron chi connectivity index (χ3n) is 3.57. The van der Waals surface area contributed by atoms with Crippen LogP contribution in [0, 0.1) is 5.41 Å². The number of hydrogen-bond donors (Lipinski definition) is 0. The highest BCUT2D eigenvalue weighted by atomic mass is 16.5. The van der Waals surface area contributed by atoms with E-state index in [2.05, 4.69) is 27.7 Å². The van der Waals surface area contributed by atoms with E-state index in [-0.39, 0.29) is 5.60 Å². The fraction of sp³-hybridized carbons (Fsp3) is 1.00. The Bertz CT molecular complexity index is 140. The molecular weight excluding hydrogens is 136 g/mol. The molecule has 11 heavy (non-hydrogen) atoms. The molecule has 0 spiro atoms. The highest BCUT2D eigenvalue weighted by Gasteiger charge is 2.42. The summed E-state index contributed by atoms with van der Waals surface area (Å²) < 4.78 is 5.77. The molecular formula is C10H20O.